The van der Waals surface area contributed by atoms with Crippen molar-refractivity contribution in [1.29, 1.82) is 5.41 Å². The summed E-state index contributed by atoms with van der Waals surface area (Å²) in [6.45, 7) is 7.02. The van der Waals surface area contributed by atoms with E-state index in [0.29, 0.717) is 23.7 Å². The van der Waals surface area contributed by atoms with E-state index in [4.69, 9.17) is 17.0 Å². The maximum Gasteiger partial charge on any atom is 0.203 e. The van der Waals surface area contributed by atoms with Crippen LogP contribution in [0.5, 0.6) is 0 Å². The van der Waals surface area contributed by atoms with Crippen molar-refractivity contribution >= 4 is 22.6 Å². The van der Waals surface area contributed by atoms with Gasteiger partial charge >= 0.3 is 0 Å². The van der Waals surface area contributed by atoms with Gasteiger partial charge < -0.3 is 14.2 Å². The predicted octanol–water partition coefficient (Wildman–Crippen LogP) is 4.03. The van der Waals surface area contributed by atoms with Gasteiger partial charge in [0.05, 0.1) is 30.2 Å². The Morgan fingerprint density at radius 1 is 1.00 bits per heavy atom. The lowest BCUT2D eigenvalue weighted by Crippen LogP contribution is -2.35. The lowest BCUT2D eigenvalue weighted by molar-refractivity contribution is 0.0478. The zero-order chi connectivity index (χ0) is 18.2. The van der Waals surface area contributed by atoms with E-state index in [0.717, 1.165) is 16.6 Å². The molecule has 1 heterocycles. The molecule has 3 rings (SSSR count). The molecule has 1 atom stereocenters. The molecule has 132 valence electrons. The molecule has 4 nitrogen and oxygen atoms in total. The van der Waals surface area contributed by atoms with Crippen molar-refractivity contribution in [2.75, 3.05) is 0 Å². The average molecular weight is 358 g/mol. The van der Waals surface area contributed by atoms with Crippen molar-refractivity contribution in [3.05, 3.63) is 64.7 Å². The van der Waals surface area contributed by atoms with E-state index in [9.17, 15) is 5.11 Å². The monoisotopic (exact) mass is 357 g/mol. The Morgan fingerprint density at radius 2 is 1.56 bits per heavy atom. The summed E-state index contributed by atoms with van der Waals surface area (Å²) in [6.07, 6.45) is -0.531. The standard InChI is InChI=1S/C20H24ClN3O/c1-20(2,3)18(25)13-24-17-7-5-4-6-16(17)23(19(24)22)12-14-8-10-15(21)11-9-14/h4-11,18,22,25H,12-13H2,1-3H3. The number of hydrogen-bond donors (Lipinski definition) is 2. The van der Waals surface area contributed by atoms with Gasteiger partial charge in [-0.15, -0.1) is 0 Å². The fourth-order valence-corrected chi connectivity index (χ4v) is 2.98. The highest BCUT2D eigenvalue weighted by atomic mass is 35.5. The summed E-state index contributed by atoms with van der Waals surface area (Å²) >= 11 is 5.97. The van der Waals surface area contributed by atoms with E-state index in [1.807, 2.05) is 78.4 Å². The van der Waals surface area contributed by atoms with Crippen LogP contribution in [0.3, 0.4) is 0 Å². The Kier molecular flexibility index (Phi) is 4.76. The number of fused-ring (bicyclic) bond motifs is 1. The second-order valence-electron chi connectivity index (χ2n) is 7.52. The van der Waals surface area contributed by atoms with E-state index in [2.05, 4.69) is 0 Å². The third-order valence-electron chi connectivity index (χ3n) is 4.58. The lowest BCUT2D eigenvalue weighted by Gasteiger charge is -2.26. The van der Waals surface area contributed by atoms with Crippen molar-refractivity contribution in [2.24, 2.45) is 5.41 Å². The predicted molar refractivity (Wildman–Crippen MR) is 102 cm³/mol. The number of rotatable bonds is 4. The molecule has 0 fully saturated rings. The highest BCUT2D eigenvalue weighted by molar-refractivity contribution is 6.30. The summed E-state index contributed by atoms with van der Waals surface area (Å²) in [4.78, 5) is 0. The van der Waals surface area contributed by atoms with Gasteiger partial charge in [-0.2, -0.15) is 0 Å². The molecule has 0 saturated carbocycles. The molecule has 2 aromatic carbocycles. The Morgan fingerprint density at radius 3 is 2.12 bits per heavy atom. The number of para-hydroxylation sites is 2. The summed E-state index contributed by atoms with van der Waals surface area (Å²) < 4.78 is 3.86. The molecule has 0 spiro atoms. The van der Waals surface area contributed by atoms with Crippen LogP contribution in [0.15, 0.2) is 48.5 Å². The minimum atomic E-state index is -0.531. The van der Waals surface area contributed by atoms with Gasteiger partial charge in [-0.25, -0.2) is 0 Å². The van der Waals surface area contributed by atoms with E-state index in [1.54, 1.807) is 0 Å². The van der Waals surface area contributed by atoms with Crippen LogP contribution in [0.2, 0.25) is 5.02 Å². The lowest BCUT2D eigenvalue weighted by atomic mass is 9.89. The molecular formula is C20H24ClN3O. The zero-order valence-corrected chi connectivity index (χ0v) is 15.6. The second-order valence-corrected chi connectivity index (χ2v) is 7.95. The van der Waals surface area contributed by atoms with Gasteiger partial charge in [-0.3, -0.25) is 5.41 Å². The molecule has 1 aromatic heterocycles. The van der Waals surface area contributed by atoms with E-state index in [-0.39, 0.29) is 5.41 Å². The van der Waals surface area contributed by atoms with Crippen LogP contribution in [0.1, 0.15) is 26.3 Å². The maximum absolute atomic E-state index is 10.5. The molecule has 25 heavy (non-hydrogen) atoms. The van der Waals surface area contributed by atoms with Crippen LogP contribution in [0.4, 0.5) is 0 Å². The van der Waals surface area contributed by atoms with Gasteiger partial charge in [-0.1, -0.05) is 56.6 Å². The van der Waals surface area contributed by atoms with Crippen LogP contribution in [0, 0.1) is 10.8 Å². The van der Waals surface area contributed by atoms with E-state index in [1.165, 1.54) is 0 Å². The Balaban J connectivity index is 2.06. The van der Waals surface area contributed by atoms with E-state index >= 15 is 0 Å². The van der Waals surface area contributed by atoms with Crippen molar-refractivity contribution in [2.45, 2.75) is 40.0 Å². The molecule has 5 heteroatoms. The van der Waals surface area contributed by atoms with Gasteiger partial charge in [0.15, 0.2) is 0 Å². The average Bonchev–Trinajstić information content (AvgIpc) is 2.82. The van der Waals surface area contributed by atoms with Gasteiger partial charge in [-0.05, 0) is 35.2 Å². The molecule has 3 aromatic rings. The number of nitrogens with zero attached hydrogens (tertiary/aromatic N) is 2. The van der Waals surface area contributed by atoms with Crippen molar-refractivity contribution in [3.8, 4) is 0 Å². The number of aromatic nitrogens is 2. The summed E-state index contributed by atoms with van der Waals surface area (Å²) in [7, 11) is 0. The summed E-state index contributed by atoms with van der Waals surface area (Å²) in [5, 5.41) is 19.9. The third kappa shape index (κ3) is 3.65. The van der Waals surface area contributed by atoms with Crippen molar-refractivity contribution < 1.29 is 5.11 Å². The number of aliphatic hydroxyl groups is 1. The number of aliphatic hydroxyl groups excluding tert-OH is 1. The number of hydrogen-bond acceptors (Lipinski definition) is 2. The van der Waals surface area contributed by atoms with E-state index < -0.39 is 6.10 Å². The van der Waals surface area contributed by atoms with Gasteiger partial charge in [0, 0.05) is 5.02 Å². The normalized spacial score (nSPS) is 13.3. The Hall–Kier alpha value is -2.04. The van der Waals surface area contributed by atoms with Crippen LogP contribution in [-0.2, 0) is 13.1 Å². The molecule has 1 unspecified atom stereocenters. The SMILES string of the molecule is CC(C)(C)C(O)Cn1c(=N)n(Cc2ccc(Cl)cc2)c2ccccc21. The highest BCUT2D eigenvalue weighted by Gasteiger charge is 2.24. The number of benzene rings is 2. The molecular weight excluding hydrogens is 334 g/mol. The maximum atomic E-state index is 10.5. The first-order valence-electron chi connectivity index (χ1n) is 8.42. The molecule has 0 bridgehead atoms. The molecule has 0 aliphatic rings. The highest BCUT2D eigenvalue weighted by Crippen LogP contribution is 2.22. The minimum Gasteiger partial charge on any atom is -0.391 e. The van der Waals surface area contributed by atoms with Crippen molar-refractivity contribution in [3.63, 3.8) is 0 Å². The quantitative estimate of drug-likeness (QED) is 0.727. The third-order valence-corrected chi connectivity index (χ3v) is 4.84. The summed E-state index contributed by atoms with van der Waals surface area (Å²) in [5.41, 5.74) is 3.19. The Labute approximate surface area is 152 Å². The van der Waals surface area contributed by atoms with Gasteiger partial charge in [0.2, 0.25) is 5.62 Å². The van der Waals surface area contributed by atoms with Gasteiger partial charge in [0.25, 0.3) is 0 Å². The largest absolute Gasteiger partial charge is 0.391 e. The number of halogens is 1. The molecule has 0 radical (unpaired) electrons. The van der Waals surface area contributed by atoms with Crippen molar-refractivity contribution in [1.82, 2.24) is 9.13 Å². The molecule has 0 saturated heterocycles. The van der Waals surface area contributed by atoms with Gasteiger partial charge in [0.1, 0.15) is 0 Å². The van der Waals surface area contributed by atoms with Crippen LogP contribution in [0.25, 0.3) is 11.0 Å². The topological polar surface area (TPSA) is 53.9 Å². The first-order valence-corrected chi connectivity index (χ1v) is 8.80. The fourth-order valence-electron chi connectivity index (χ4n) is 2.86. The smallest absolute Gasteiger partial charge is 0.203 e. The van der Waals surface area contributed by atoms with Crippen LogP contribution >= 0.6 is 11.6 Å². The zero-order valence-electron chi connectivity index (χ0n) is 14.8. The first-order chi connectivity index (χ1) is 11.8. The Bertz CT molecular complexity index is 932. The second kappa shape index (κ2) is 6.70. The van der Waals surface area contributed by atoms with Crippen LogP contribution < -0.4 is 5.62 Å². The molecule has 0 aliphatic heterocycles. The summed E-state index contributed by atoms with van der Waals surface area (Å²) in [6, 6.07) is 15.6. The molecule has 0 amide bonds. The molecule has 2 N–H and O–H groups in total. The van der Waals surface area contributed by atoms with Crippen LogP contribution in [-0.4, -0.2) is 20.3 Å². The first kappa shape index (κ1) is 17.8. The summed E-state index contributed by atoms with van der Waals surface area (Å²) in [5.74, 6) is 0. The fraction of sp³-hybridized carbons (Fsp3) is 0.350. The minimum absolute atomic E-state index is 0.237. The number of imidazole rings is 1. The number of nitrogens with one attached hydrogen (secondary N) is 1. The molecule has 0 aliphatic carbocycles.